The number of carbonyl (C=O) groups is 2. The molecule has 11 heteroatoms. The van der Waals surface area contributed by atoms with E-state index < -0.39 is 51.4 Å². The second-order valence-electron chi connectivity index (χ2n) is 13.2. The summed E-state index contributed by atoms with van der Waals surface area (Å²) >= 11 is 0. The van der Waals surface area contributed by atoms with E-state index in [2.05, 4.69) is 19.2 Å². The fraction of sp³-hybridized carbons (Fsp3) is 0.926. The summed E-state index contributed by atoms with van der Waals surface area (Å²) in [6.07, 6.45) is 4.58. The molecule has 0 heterocycles. The van der Waals surface area contributed by atoms with E-state index in [1.807, 2.05) is 6.92 Å². The highest BCUT2D eigenvalue weighted by Gasteiger charge is 2.65. The number of aliphatic hydroxyl groups is 3. The second kappa shape index (κ2) is 10.6. The molecule has 0 aromatic carbocycles. The first-order valence-electron chi connectivity index (χ1n) is 14.1. The Morgan fingerprint density at radius 3 is 2.34 bits per heavy atom. The standard InChI is InChI=1S/C27H45NO9S/c1-14(4-7-23(32)28-20(25(33)34)13-38(35,36)37)17-5-6-18-24-19(12-22(31)27(17,18)3)26(2)9-8-16(29)10-15(26)11-21(24)30/h14-22,24,29-31H,4-13H2,1-3H3,(H,28,32)(H,33,34)(H,35,36,37)/t14-,15+,16-,17-,18+,19+,20?,21-,22+,24+,26+,27-/m1/s1. The third-order valence-corrected chi connectivity index (χ3v) is 12.1. The number of hydrogen-bond donors (Lipinski definition) is 6. The number of rotatable bonds is 8. The molecule has 0 saturated heterocycles. The van der Waals surface area contributed by atoms with Gasteiger partial charge in [-0.15, -0.1) is 0 Å². The van der Waals surface area contributed by atoms with Gasteiger partial charge in [0, 0.05) is 6.42 Å². The number of fused-ring (bicyclic) bond motifs is 5. The van der Waals surface area contributed by atoms with Crippen molar-refractivity contribution in [2.45, 2.75) is 103 Å². The van der Waals surface area contributed by atoms with Gasteiger partial charge in [-0.3, -0.25) is 9.35 Å². The first kappa shape index (κ1) is 29.7. The zero-order valence-corrected chi connectivity index (χ0v) is 23.4. The molecule has 0 aliphatic heterocycles. The van der Waals surface area contributed by atoms with Crippen molar-refractivity contribution in [2.75, 3.05) is 5.75 Å². The number of aliphatic carboxylic acids is 1. The van der Waals surface area contributed by atoms with Gasteiger partial charge in [0.05, 0.1) is 18.3 Å². The number of nitrogens with one attached hydrogen (secondary N) is 1. The molecule has 0 aromatic heterocycles. The van der Waals surface area contributed by atoms with Gasteiger partial charge in [-0.25, -0.2) is 4.79 Å². The zero-order chi connectivity index (χ0) is 28.2. The molecule has 0 radical (unpaired) electrons. The first-order valence-corrected chi connectivity index (χ1v) is 15.7. The van der Waals surface area contributed by atoms with Gasteiger partial charge in [-0.2, -0.15) is 8.42 Å². The van der Waals surface area contributed by atoms with E-state index in [0.717, 1.165) is 25.7 Å². The quantitative estimate of drug-likeness (QED) is 0.242. The molecule has 4 aliphatic rings. The summed E-state index contributed by atoms with van der Waals surface area (Å²) in [4.78, 5) is 23.8. The molecule has 0 bridgehead atoms. The SMILES string of the molecule is C[C@H](CCC(=O)NC(CS(=O)(=O)O)C(=O)O)[C@H]1CC[C@H]2[C@@H]3[C@H](O)C[C@@H]4C[C@H](O)CC[C@]4(C)[C@H]3C[C@H](O)[C@]12C. The molecule has 4 rings (SSSR count). The monoisotopic (exact) mass is 559 g/mol. The molecule has 4 saturated carbocycles. The van der Waals surface area contributed by atoms with E-state index in [1.54, 1.807) is 0 Å². The van der Waals surface area contributed by atoms with Crippen molar-refractivity contribution < 1.29 is 43.0 Å². The van der Waals surface area contributed by atoms with Crippen molar-refractivity contribution in [1.82, 2.24) is 5.32 Å². The Labute approximate surface area is 225 Å². The van der Waals surface area contributed by atoms with Gasteiger partial charge in [-0.05, 0) is 97.7 Å². The number of carbonyl (C=O) groups excluding carboxylic acids is 1. The van der Waals surface area contributed by atoms with Crippen LogP contribution in [0.1, 0.15) is 78.6 Å². The lowest BCUT2D eigenvalue weighted by Crippen LogP contribution is -2.62. The van der Waals surface area contributed by atoms with E-state index in [-0.39, 0.29) is 53.4 Å². The average molecular weight is 560 g/mol. The van der Waals surface area contributed by atoms with Gasteiger partial charge in [0.25, 0.3) is 10.1 Å². The Morgan fingerprint density at radius 2 is 1.71 bits per heavy atom. The molecule has 1 amide bonds. The highest BCUT2D eigenvalue weighted by atomic mass is 32.2. The molecular weight excluding hydrogens is 514 g/mol. The molecule has 0 spiro atoms. The fourth-order valence-electron chi connectivity index (χ4n) is 9.34. The van der Waals surface area contributed by atoms with Gasteiger partial charge in [0.2, 0.25) is 5.91 Å². The van der Waals surface area contributed by atoms with E-state index >= 15 is 0 Å². The van der Waals surface area contributed by atoms with Crippen LogP contribution < -0.4 is 5.32 Å². The summed E-state index contributed by atoms with van der Waals surface area (Å²) in [7, 11) is -4.57. The first-order chi connectivity index (χ1) is 17.6. The number of carboxylic acids is 1. The summed E-state index contributed by atoms with van der Waals surface area (Å²) < 4.78 is 31.2. The van der Waals surface area contributed by atoms with Crippen LogP contribution in [0.3, 0.4) is 0 Å². The van der Waals surface area contributed by atoms with Crippen LogP contribution in [0.2, 0.25) is 0 Å². The minimum Gasteiger partial charge on any atom is -0.480 e. The van der Waals surface area contributed by atoms with Crippen molar-refractivity contribution in [3.63, 3.8) is 0 Å². The molecular formula is C27H45NO9S. The van der Waals surface area contributed by atoms with Gasteiger partial charge in [-0.1, -0.05) is 20.8 Å². The van der Waals surface area contributed by atoms with Crippen LogP contribution >= 0.6 is 0 Å². The second-order valence-corrected chi connectivity index (χ2v) is 14.7. The highest BCUT2D eigenvalue weighted by molar-refractivity contribution is 7.85. The van der Waals surface area contributed by atoms with E-state index in [4.69, 9.17) is 4.55 Å². The number of amides is 1. The van der Waals surface area contributed by atoms with Crippen LogP contribution in [0.25, 0.3) is 0 Å². The van der Waals surface area contributed by atoms with Crippen LogP contribution in [-0.2, 0) is 19.7 Å². The summed E-state index contributed by atoms with van der Waals surface area (Å²) in [6, 6.07) is -1.72. The molecule has 12 atom stereocenters. The van der Waals surface area contributed by atoms with Crippen molar-refractivity contribution in [3.8, 4) is 0 Å². The van der Waals surface area contributed by atoms with E-state index in [1.165, 1.54) is 0 Å². The zero-order valence-electron chi connectivity index (χ0n) is 22.6. The van der Waals surface area contributed by atoms with Crippen LogP contribution in [0.5, 0.6) is 0 Å². The molecule has 218 valence electrons. The van der Waals surface area contributed by atoms with Gasteiger partial charge in [0.1, 0.15) is 11.8 Å². The molecule has 4 aliphatic carbocycles. The lowest BCUT2D eigenvalue weighted by molar-refractivity contribution is -0.207. The van der Waals surface area contributed by atoms with Gasteiger partial charge >= 0.3 is 5.97 Å². The molecule has 38 heavy (non-hydrogen) atoms. The van der Waals surface area contributed by atoms with Crippen LogP contribution in [0, 0.1) is 46.3 Å². The molecule has 4 fully saturated rings. The van der Waals surface area contributed by atoms with E-state index in [9.17, 15) is 38.4 Å². The summed E-state index contributed by atoms with van der Waals surface area (Å²) in [5, 5.41) is 44.7. The third-order valence-electron chi connectivity index (χ3n) is 11.4. The maximum atomic E-state index is 12.5. The summed E-state index contributed by atoms with van der Waals surface area (Å²) in [5.74, 6) is -2.36. The van der Waals surface area contributed by atoms with Crippen molar-refractivity contribution in [1.29, 1.82) is 0 Å². The molecule has 10 nitrogen and oxygen atoms in total. The van der Waals surface area contributed by atoms with Crippen LogP contribution in [0.4, 0.5) is 0 Å². The maximum absolute atomic E-state index is 12.5. The van der Waals surface area contributed by atoms with Crippen molar-refractivity contribution in [3.05, 3.63) is 0 Å². The largest absolute Gasteiger partial charge is 0.480 e. The van der Waals surface area contributed by atoms with Crippen LogP contribution in [-0.4, -0.2) is 75.4 Å². The molecule has 1 unspecified atom stereocenters. The summed E-state index contributed by atoms with van der Waals surface area (Å²) in [6.45, 7) is 6.46. The topological polar surface area (TPSA) is 181 Å². The Kier molecular flexibility index (Phi) is 8.30. The van der Waals surface area contributed by atoms with Crippen molar-refractivity contribution >= 4 is 22.0 Å². The van der Waals surface area contributed by atoms with Crippen molar-refractivity contribution in [2.24, 2.45) is 46.3 Å². The minimum atomic E-state index is -4.57. The molecule has 6 N–H and O–H groups in total. The normalized spacial score (nSPS) is 44.3. The number of aliphatic hydroxyl groups excluding tert-OH is 3. The van der Waals surface area contributed by atoms with Gasteiger partial charge in [0.15, 0.2) is 0 Å². The minimum absolute atomic E-state index is 0.000517. The summed E-state index contributed by atoms with van der Waals surface area (Å²) in [5.41, 5.74) is -0.417. The Morgan fingerprint density at radius 1 is 1.03 bits per heavy atom. The Balaban J connectivity index is 1.44. The highest BCUT2D eigenvalue weighted by Crippen LogP contribution is 2.68. The predicted molar refractivity (Wildman–Crippen MR) is 138 cm³/mol. The smallest absolute Gasteiger partial charge is 0.327 e. The average Bonchev–Trinajstić information content (AvgIpc) is 3.16. The van der Waals surface area contributed by atoms with Gasteiger partial charge < -0.3 is 25.7 Å². The number of hydrogen-bond acceptors (Lipinski definition) is 7. The predicted octanol–water partition coefficient (Wildman–Crippen LogP) is 1.82. The van der Waals surface area contributed by atoms with Crippen LogP contribution in [0.15, 0.2) is 0 Å². The molecule has 0 aromatic rings. The fourth-order valence-corrected chi connectivity index (χ4v) is 9.99. The Hall–Kier alpha value is -1.27. The lowest BCUT2D eigenvalue weighted by atomic mass is 9.43. The third kappa shape index (κ3) is 5.38. The lowest BCUT2D eigenvalue weighted by Gasteiger charge is -2.63. The maximum Gasteiger partial charge on any atom is 0.327 e. The van der Waals surface area contributed by atoms with E-state index in [0.29, 0.717) is 25.7 Å². The Bertz CT molecular complexity index is 1020. The number of carboxylic acid groups (broad SMARTS) is 1.